The average molecular weight is 184 g/mol. The van der Waals surface area contributed by atoms with Crippen molar-refractivity contribution in [2.45, 2.75) is 32.7 Å². The van der Waals surface area contributed by atoms with Crippen LogP contribution in [0.15, 0.2) is 0 Å². The summed E-state index contributed by atoms with van der Waals surface area (Å²) in [5.41, 5.74) is 0. The fraction of sp³-hybridized carbons (Fsp3) is 0.778. The minimum absolute atomic E-state index is 0.256. The first-order chi connectivity index (χ1) is 6.19. The summed E-state index contributed by atoms with van der Waals surface area (Å²) in [5, 5.41) is 2.67. The normalized spacial score (nSPS) is 15.2. The minimum Gasteiger partial charge on any atom is -0.345 e. The zero-order valence-electron chi connectivity index (χ0n) is 8.17. The molecule has 0 bridgehead atoms. The molecule has 1 N–H and O–H groups in total. The van der Waals surface area contributed by atoms with Crippen molar-refractivity contribution in [2.24, 2.45) is 0 Å². The lowest BCUT2D eigenvalue weighted by atomic mass is 10.4. The lowest BCUT2D eigenvalue weighted by Gasteiger charge is -2.17. The number of nitrogens with one attached hydrogen (secondary N) is 1. The molecule has 1 aliphatic rings. The molecule has 0 aromatic heterocycles. The van der Waals surface area contributed by atoms with Crippen LogP contribution in [0.4, 0.5) is 0 Å². The molecule has 4 nitrogen and oxygen atoms in total. The van der Waals surface area contributed by atoms with E-state index >= 15 is 0 Å². The second kappa shape index (κ2) is 4.25. The maximum Gasteiger partial charge on any atom is 0.311 e. The molecule has 0 saturated heterocycles. The standard InChI is InChI=1S/C9H16N2O2/c1-3-11(4-2)9(13)8(12)10-7-5-6-7/h7H,3-6H2,1-2H3,(H,10,12). The van der Waals surface area contributed by atoms with E-state index in [0.29, 0.717) is 13.1 Å². The topological polar surface area (TPSA) is 49.4 Å². The van der Waals surface area contributed by atoms with Crippen molar-refractivity contribution in [1.29, 1.82) is 0 Å². The number of likely N-dealkylation sites (N-methyl/N-ethyl adjacent to an activating group) is 1. The van der Waals surface area contributed by atoms with E-state index in [9.17, 15) is 9.59 Å². The minimum atomic E-state index is -0.453. The van der Waals surface area contributed by atoms with Gasteiger partial charge in [-0.3, -0.25) is 9.59 Å². The lowest BCUT2D eigenvalue weighted by molar-refractivity contribution is -0.145. The number of rotatable bonds is 3. The fourth-order valence-electron chi connectivity index (χ4n) is 1.13. The van der Waals surface area contributed by atoms with Crippen LogP contribution >= 0.6 is 0 Å². The number of hydrogen-bond donors (Lipinski definition) is 1. The summed E-state index contributed by atoms with van der Waals surface area (Å²) in [7, 11) is 0. The van der Waals surface area contributed by atoms with Crippen LogP contribution in [0.5, 0.6) is 0 Å². The Hall–Kier alpha value is -1.06. The van der Waals surface area contributed by atoms with Crippen molar-refractivity contribution in [1.82, 2.24) is 10.2 Å². The van der Waals surface area contributed by atoms with Gasteiger partial charge in [0, 0.05) is 19.1 Å². The molecule has 74 valence electrons. The largest absolute Gasteiger partial charge is 0.345 e. The molecule has 0 atom stereocenters. The second-order valence-corrected chi connectivity index (χ2v) is 3.23. The van der Waals surface area contributed by atoms with Crippen LogP contribution < -0.4 is 5.32 Å². The number of nitrogens with zero attached hydrogens (tertiary/aromatic N) is 1. The van der Waals surface area contributed by atoms with Gasteiger partial charge < -0.3 is 10.2 Å². The summed E-state index contributed by atoms with van der Waals surface area (Å²) in [6, 6.07) is 0.256. The van der Waals surface area contributed by atoms with E-state index in [1.165, 1.54) is 4.90 Å². The highest BCUT2D eigenvalue weighted by atomic mass is 16.2. The van der Waals surface area contributed by atoms with Crippen molar-refractivity contribution in [3.63, 3.8) is 0 Å². The summed E-state index contributed by atoms with van der Waals surface area (Å²) in [4.78, 5) is 24.2. The van der Waals surface area contributed by atoms with Gasteiger partial charge in [0.05, 0.1) is 0 Å². The van der Waals surface area contributed by atoms with Gasteiger partial charge in [-0.1, -0.05) is 0 Å². The molecule has 1 saturated carbocycles. The van der Waals surface area contributed by atoms with Crippen molar-refractivity contribution in [2.75, 3.05) is 13.1 Å². The van der Waals surface area contributed by atoms with Crippen molar-refractivity contribution < 1.29 is 9.59 Å². The molecule has 1 aliphatic carbocycles. The molecular formula is C9H16N2O2. The summed E-state index contributed by atoms with van der Waals surface area (Å²) >= 11 is 0. The maximum absolute atomic E-state index is 11.4. The third kappa shape index (κ3) is 2.72. The van der Waals surface area contributed by atoms with E-state index in [4.69, 9.17) is 0 Å². The van der Waals surface area contributed by atoms with Crippen LogP contribution in [0, 0.1) is 0 Å². The molecule has 13 heavy (non-hydrogen) atoms. The predicted octanol–water partition coefficient (Wildman–Crippen LogP) is 0.133. The Kier molecular flexibility index (Phi) is 3.28. The summed E-state index contributed by atoms with van der Waals surface area (Å²) < 4.78 is 0. The molecule has 1 fully saturated rings. The molecule has 0 unspecified atom stereocenters. The van der Waals surface area contributed by atoms with Gasteiger partial charge >= 0.3 is 11.8 Å². The van der Waals surface area contributed by atoms with Crippen LogP contribution in [0.2, 0.25) is 0 Å². The predicted molar refractivity (Wildman–Crippen MR) is 49.1 cm³/mol. The van der Waals surface area contributed by atoms with E-state index in [1.807, 2.05) is 13.8 Å². The lowest BCUT2D eigenvalue weighted by Crippen LogP contribution is -2.43. The number of hydrogen-bond acceptors (Lipinski definition) is 2. The molecule has 0 aromatic carbocycles. The van der Waals surface area contributed by atoms with Crippen LogP contribution in [0.3, 0.4) is 0 Å². The Labute approximate surface area is 78.3 Å². The third-order valence-electron chi connectivity index (χ3n) is 2.16. The Balaban J connectivity index is 2.38. The summed E-state index contributed by atoms with van der Waals surface area (Å²) in [5.74, 6) is -0.858. The zero-order valence-corrected chi connectivity index (χ0v) is 8.17. The Morgan fingerprint density at radius 3 is 2.23 bits per heavy atom. The van der Waals surface area contributed by atoms with Crippen molar-refractivity contribution in [3.8, 4) is 0 Å². The van der Waals surface area contributed by atoms with E-state index < -0.39 is 11.8 Å². The highest BCUT2D eigenvalue weighted by Gasteiger charge is 2.27. The van der Waals surface area contributed by atoms with Gasteiger partial charge in [0.2, 0.25) is 0 Å². The first-order valence-corrected chi connectivity index (χ1v) is 4.78. The zero-order chi connectivity index (χ0) is 9.84. The molecule has 0 aliphatic heterocycles. The van der Waals surface area contributed by atoms with Gasteiger partial charge in [0.15, 0.2) is 0 Å². The van der Waals surface area contributed by atoms with Gasteiger partial charge in [0.1, 0.15) is 0 Å². The van der Waals surface area contributed by atoms with E-state index in [-0.39, 0.29) is 6.04 Å². The van der Waals surface area contributed by atoms with Crippen molar-refractivity contribution in [3.05, 3.63) is 0 Å². The molecule has 0 radical (unpaired) electrons. The van der Waals surface area contributed by atoms with Gasteiger partial charge in [-0.05, 0) is 26.7 Å². The molecule has 4 heteroatoms. The monoisotopic (exact) mass is 184 g/mol. The van der Waals surface area contributed by atoms with Crippen LogP contribution in [-0.2, 0) is 9.59 Å². The second-order valence-electron chi connectivity index (χ2n) is 3.23. The Bertz CT molecular complexity index is 208. The maximum atomic E-state index is 11.4. The van der Waals surface area contributed by atoms with Gasteiger partial charge in [0.25, 0.3) is 0 Å². The summed E-state index contributed by atoms with van der Waals surface area (Å²) in [6.45, 7) is 4.92. The van der Waals surface area contributed by atoms with Gasteiger partial charge in [-0.2, -0.15) is 0 Å². The molecule has 1 rings (SSSR count). The Morgan fingerprint density at radius 1 is 1.31 bits per heavy atom. The summed E-state index contributed by atoms with van der Waals surface area (Å²) in [6.07, 6.45) is 2.02. The number of carbonyl (C=O) groups is 2. The Morgan fingerprint density at radius 2 is 1.85 bits per heavy atom. The van der Waals surface area contributed by atoms with Gasteiger partial charge in [-0.25, -0.2) is 0 Å². The number of carbonyl (C=O) groups excluding carboxylic acids is 2. The van der Waals surface area contributed by atoms with Crippen LogP contribution in [0.1, 0.15) is 26.7 Å². The van der Waals surface area contributed by atoms with Crippen LogP contribution in [-0.4, -0.2) is 35.8 Å². The quantitative estimate of drug-likeness (QED) is 0.634. The molecule has 2 amide bonds. The highest BCUT2D eigenvalue weighted by Crippen LogP contribution is 2.18. The van der Waals surface area contributed by atoms with Crippen molar-refractivity contribution >= 4 is 11.8 Å². The number of amides is 2. The molecule has 0 aromatic rings. The SMILES string of the molecule is CCN(CC)C(=O)C(=O)NC1CC1. The molecule has 0 heterocycles. The highest BCUT2D eigenvalue weighted by molar-refractivity contribution is 6.35. The van der Waals surface area contributed by atoms with E-state index in [0.717, 1.165) is 12.8 Å². The van der Waals surface area contributed by atoms with Crippen LogP contribution in [0.25, 0.3) is 0 Å². The molecular weight excluding hydrogens is 168 g/mol. The fourth-order valence-corrected chi connectivity index (χ4v) is 1.13. The average Bonchev–Trinajstić information content (AvgIpc) is 2.90. The van der Waals surface area contributed by atoms with E-state index in [1.54, 1.807) is 0 Å². The first kappa shape index (κ1) is 10.0. The smallest absolute Gasteiger partial charge is 0.311 e. The molecule has 0 spiro atoms. The first-order valence-electron chi connectivity index (χ1n) is 4.78. The van der Waals surface area contributed by atoms with E-state index in [2.05, 4.69) is 5.32 Å². The third-order valence-corrected chi connectivity index (χ3v) is 2.16. The van der Waals surface area contributed by atoms with Gasteiger partial charge in [-0.15, -0.1) is 0 Å².